The summed E-state index contributed by atoms with van der Waals surface area (Å²) in [5.41, 5.74) is 0.741. The maximum absolute atomic E-state index is 12.3. The number of amides is 1. The number of rotatable bonds is 6. The number of non-ortho nitro benzene ring substituents is 1. The van der Waals surface area contributed by atoms with E-state index in [1.54, 1.807) is 25.2 Å². The summed E-state index contributed by atoms with van der Waals surface area (Å²) in [5, 5.41) is 13.7. The van der Waals surface area contributed by atoms with Gasteiger partial charge in [0.2, 0.25) is 5.91 Å². The van der Waals surface area contributed by atoms with Gasteiger partial charge in [-0.15, -0.1) is 0 Å². The summed E-state index contributed by atoms with van der Waals surface area (Å²) in [6.07, 6.45) is 0. The van der Waals surface area contributed by atoms with E-state index in [0.717, 1.165) is 10.5 Å². The second kappa shape index (κ2) is 8.43. The van der Waals surface area contributed by atoms with Gasteiger partial charge in [0.1, 0.15) is 0 Å². The van der Waals surface area contributed by atoms with Crippen LogP contribution in [-0.2, 0) is 9.53 Å². The van der Waals surface area contributed by atoms with Crippen LogP contribution in [0.5, 0.6) is 0 Å². The molecule has 0 unspecified atom stereocenters. The fourth-order valence-corrected chi connectivity index (χ4v) is 2.68. The van der Waals surface area contributed by atoms with Crippen LogP contribution < -0.4 is 10.2 Å². The number of carbonyl (C=O) groups excluding carboxylic acids is 2. The van der Waals surface area contributed by atoms with Crippen molar-refractivity contribution in [3.63, 3.8) is 0 Å². The molecule has 2 rings (SSSR count). The Labute approximate surface area is 158 Å². The van der Waals surface area contributed by atoms with Crippen molar-refractivity contribution in [1.29, 1.82) is 0 Å². The molecule has 0 aliphatic heterocycles. The minimum atomic E-state index is -0.721. The molecule has 0 saturated heterocycles. The van der Waals surface area contributed by atoms with Crippen molar-refractivity contribution < 1.29 is 19.2 Å². The van der Waals surface area contributed by atoms with Gasteiger partial charge in [-0.25, -0.2) is 4.79 Å². The van der Waals surface area contributed by atoms with Gasteiger partial charge in [-0.2, -0.15) is 0 Å². The summed E-state index contributed by atoms with van der Waals surface area (Å²) in [4.78, 5) is 36.1. The van der Waals surface area contributed by atoms with Crippen molar-refractivity contribution in [3.8, 4) is 0 Å². The lowest BCUT2D eigenvalue weighted by Crippen LogP contribution is -2.31. The molecule has 1 amide bonds. The van der Waals surface area contributed by atoms with E-state index in [2.05, 4.69) is 26.0 Å². The average Bonchev–Trinajstić information content (AvgIpc) is 2.62. The van der Waals surface area contributed by atoms with Crippen LogP contribution in [0.3, 0.4) is 0 Å². The predicted octanol–water partition coefficient (Wildman–Crippen LogP) is 3.22. The Hall–Kier alpha value is -2.94. The number of halogens is 1. The number of para-hydroxylation sites is 1. The number of anilines is 2. The molecule has 1 N–H and O–H groups in total. The Bertz CT molecular complexity index is 856. The lowest BCUT2D eigenvalue weighted by atomic mass is 10.1. The molecule has 9 heteroatoms. The maximum atomic E-state index is 12.3. The van der Waals surface area contributed by atoms with Gasteiger partial charge in [-0.05, 0) is 34.1 Å². The summed E-state index contributed by atoms with van der Waals surface area (Å²) in [6, 6.07) is 11.0. The largest absolute Gasteiger partial charge is 0.465 e. The highest BCUT2D eigenvalue weighted by Crippen LogP contribution is 2.26. The van der Waals surface area contributed by atoms with Crippen molar-refractivity contribution in [3.05, 3.63) is 62.6 Å². The van der Waals surface area contributed by atoms with E-state index in [4.69, 9.17) is 0 Å². The van der Waals surface area contributed by atoms with Gasteiger partial charge in [0.05, 0.1) is 35.5 Å². The lowest BCUT2D eigenvalue weighted by molar-refractivity contribution is -0.384. The predicted molar refractivity (Wildman–Crippen MR) is 100 cm³/mol. The Morgan fingerprint density at radius 1 is 1.27 bits per heavy atom. The Morgan fingerprint density at radius 3 is 2.58 bits per heavy atom. The minimum absolute atomic E-state index is 0.0119. The van der Waals surface area contributed by atoms with E-state index in [1.807, 2.05) is 6.07 Å². The van der Waals surface area contributed by atoms with Gasteiger partial charge in [0.15, 0.2) is 0 Å². The molecule has 2 aromatic carbocycles. The van der Waals surface area contributed by atoms with Gasteiger partial charge in [-0.1, -0.05) is 12.1 Å². The van der Waals surface area contributed by atoms with Crippen molar-refractivity contribution >= 4 is 44.9 Å². The Balaban J connectivity index is 2.21. The van der Waals surface area contributed by atoms with Gasteiger partial charge in [0.25, 0.3) is 5.69 Å². The van der Waals surface area contributed by atoms with Crippen LogP contribution in [-0.4, -0.2) is 37.5 Å². The molecule has 0 heterocycles. The molecule has 0 atom stereocenters. The SMILES string of the molecule is COC(=O)c1cc([N+](=O)[O-])ccc1N(C)CC(=O)Nc1ccccc1Br. The number of methoxy groups -OCH3 is 1. The molecule has 0 fully saturated rings. The normalized spacial score (nSPS) is 10.1. The molecule has 8 nitrogen and oxygen atoms in total. The van der Waals surface area contributed by atoms with Crippen LogP contribution in [0.15, 0.2) is 46.9 Å². The number of hydrogen-bond donors (Lipinski definition) is 1. The van der Waals surface area contributed by atoms with Crippen LogP contribution in [0, 0.1) is 10.1 Å². The third-order valence-electron chi connectivity index (χ3n) is 3.54. The number of nitrogens with one attached hydrogen (secondary N) is 1. The third-order valence-corrected chi connectivity index (χ3v) is 4.23. The number of likely N-dealkylation sites (N-methyl/N-ethyl adjacent to an activating group) is 1. The van der Waals surface area contributed by atoms with Crippen molar-refractivity contribution in [1.82, 2.24) is 0 Å². The molecule has 0 spiro atoms. The Morgan fingerprint density at radius 2 is 1.96 bits per heavy atom. The van der Waals surface area contributed by atoms with E-state index in [0.29, 0.717) is 11.4 Å². The summed E-state index contributed by atoms with van der Waals surface area (Å²) in [5.74, 6) is -1.03. The first-order valence-corrected chi connectivity index (χ1v) is 8.25. The van der Waals surface area contributed by atoms with Crippen LogP contribution in [0.2, 0.25) is 0 Å². The third kappa shape index (κ3) is 4.57. The lowest BCUT2D eigenvalue weighted by Gasteiger charge is -2.21. The van der Waals surface area contributed by atoms with Gasteiger partial charge < -0.3 is 15.0 Å². The van der Waals surface area contributed by atoms with Crippen molar-refractivity contribution in [2.24, 2.45) is 0 Å². The van der Waals surface area contributed by atoms with Crippen LogP contribution in [0.25, 0.3) is 0 Å². The molecular weight excluding hydrogens is 406 g/mol. The number of benzene rings is 2. The highest BCUT2D eigenvalue weighted by atomic mass is 79.9. The fraction of sp³-hybridized carbons (Fsp3) is 0.176. The summed E-state index contributed by atoms with van der Waals surface area (Å²) in [6.45, 7) is -0.0663. The van der Waals surface area contributed by atoms with Gasteiger partial charge in [0, 0.05) is 23.7 Å². The molecule has 0 aliphatic rings. The van der Waals surface area contributed by atoms with Crippen molar-refractivity contribution in [2.75, 3.05) is 30.9 Å². The number of nitro groups is 1. The van der Waals surface area contributed by atoms with E-state index < -0.39 is 10.9 Å². The van der Waals surface area contributed by atoms with Crippen LogP contribution >= 0.6 is 15.9 Å². The van der Waals surface area contributed by atoms with Gasteiger partial charge >= 0.3 is 5.97 Å². The first-order valence-electron chi connectivity index (χ1n) is 7.45. The number of esters is 1. The van der Waals surface area contributed by atoms with E-state index in [1.165, 1.54) is 24.1 Å². The average molecular weight is 422 g/mol. The first-order chi connectivity index (χ1) is 12.3. The number of ether oxygens (including phenoxy) is 1. The molecule has 0 aromatic heterocycles. The maximum Gasteiger partial charge on any atom is 0.340 e. The number of carbonyl (C=O) groups is 2. The first kappa shape index (κ1) is 19.4. The van der Waals surface area contributed by atoms with Crippen molar-refractivity contribution in [2.45, 2.75) is 0 Å². The zero-order chi connectivity index (χ0) is 19.3. The number of nitro benzene ring substituents is 1. The highest BCUT2D eigenvalue weighted by Gasteiger charge is 2.21. The van der Waals surface area contributed by atoms with Crippen LogP contribution in [0.1, 0.15) is 10.4 Å². The molecule has 2 aromatic rings. The smallest absolute Gasteiger partial charge is 0.340 e. The zero-order valence-electron chi connectivity index (χ0n) is 14.1. The summed E-state index contributed by atoms with van der Waals surface area (Å²) in [7, 11) is 2.79. The molecule has 26 heavy (non-hydrogen) atoms. The molecule has 136 valence electrons. The van der Waals surface area contributed by atoms with Crippen LogP contribution in [0.4, 0.5) is 17.1 Å². The monoisotopic (exact) mass is 421 g/mol. The second-order valence-corrected chi connectivity index (χ2v) is 6.19. The molecular formula is C17H16BrN3O5. The highest BCUT2D eigenvalue weighted by molar-refractivity contribution is 9.10. The molecule has 0 saturated carbocycles. The zero-order valence-corrected chi connectivity index (χ0v) is 15.6. The van der Waals surface area contributed by atoms with Gasteiger partial charge in [-0.3, -0.25) is 14.9 Å². The molecule has 0 bridgehead atoms. The minimum Gasteiger partial charge on any atom is -0.465 e. The topological polar surface area (TPSA) is 102 Å². The molecule has 0 aliphatic carbocycles. The second-order valence-electron chi connectivity index (χ2n) is 5.33. The Kier molecular flexibility index (Phi) is 6.29. The standard InChI is InChI=1S/C17H16BrN3O5/c1-20(10-16(22)19-14-6-4-3-5-13(14)18)15-8-7-11(21(24)25)9-12(15)17(23)26-2/h3-9H,10H2,1-2H3,(H,19,22). The summed E-state index contributed by atoms with van der Waals surface area (Å²) >= 11 is 3.34. The number of hydrogen-bond acceptors (Lipinski definition) is 6. The number of nitrogens with zero attached hydrogens (tertiary/aromatic N) is 2. The van der Waals surface area contributed by atoms with E-state index in [-0.39, 0.29) is 23.7 Å². The summed E-state index contributed by atoms with van der Waals surface area (Å²) < 4.78 is 5.42. The quantitative estimate of drug-likeness (QED) is 0.436. The fourth-order valence-electron chi connectivity index (χ4n) is 2.30. The van der Waals surface area contributed by atoms with E-state index >= 15 is 0 Å². The van der Waals surface area contributed by atoms with E-state index in [9.17, 15) is 19.7 Å². The molecule has 0 radical (unpaired) electrons.